The molecule has 1 aliphatic rings. The minimum atomic E-state index is -2.64. The summed E-state index contributed by atoms with van der Waals surface area (Å²) >= 11 is 0. The number of hydrogen-bond acceptors (Lipinski definition) is 3. The molecular formula is C24H29NO3Si. The first-order valence-corrected chi connectivity index (χ1v) is 12.0. The van der Waals surface area contributed by atoms with Crippen molar-refractivity contribution in [2.75, 3.05) is 0 Å². The zero-order valence-electron chi connectivity index (χ0n) is 17.6. The molecule has 0 aliphatic heterocycles. The van der Waals surface area contributed by atoms with Crippen LogP contribution in [0.3, 0.4) is 0 Å². The van der Waals surface area contributed by atoms with Gasteiger partial charge in [0.2, 0.25) is 0 Å². The molecule has 0 bridgehead atoms. The summed E-state index contributed by atoms with van der Waals surface area (Å²) in [7, 11) is -2.64. The van der Waals surface area contributed by atoms with Gasteiger partial charge >= 0.3 is 5.97 Å². The molecule has 3 rings (SSSR count). The molecule has 1 fully saturated rings. The van der Waals surface area contributed by atoms with Crippen molar-refractivity contribution in [1.82, 2.24) is 0 Å². The van der Waals surface area contributed by atoms with E-state index in [2.05, 4.69) is 79.1 Å². The van der Waals surface area contributed by atoms with Gasteiger partial charge in [0.25, 0.3) is 8.32 Å². The second-order valence-electron chi connectivity index (χ2n) is 9.18. The Kier molecular flexibility index (Phi) is 5.97. The van der Waals surface area contributed by atoms with E-state index in [1.807, 2.05) is 19.1 Å². The second kappa shape index (κ2) is 8.14. The monoisotopic (exact) mass is 407 g/mol. The molecule has 0 heterocycles. The summed E-state index contributed by atoms with van der Waals surface area (Å²) in [6.45, 7) is 15.5. The summed E-state index contributed by atoms with van der Waals surface area (Å²) < 4.78 is 7.11. The van der Waals surface area contributed by atoms with Gasteiger partial charge in [0.1, 0.15) is 0 Å². The van der Waals surface area contributed by atoms with E-state index in [1.54, 1.807) is 0 Å². The van der Waals surface area contributed by atoms with Crippen LogP contribution in [0.2, 0.25) is 5.04 Å². The Balaban J connectivity index is 2.04. The summed E-state index contributed by atoms with van der Waals surface area (Å²) in [6, 6.07) is 21.0. The van der Waals surface area contributed by atoms with Gasteiger partial charge in [-0.3, -0.25) is 0 Å². The van der Waals surface area contributed by atoms with Crippen molar-refractivity contribution in [1.29, 1.82) is 0 Å². The molecule has 152 valence electrons. The van der Waals surface area contributed by atoms with Crippen molar-refractivity contribution in [3.05, 3.63) is 72.2 Å². The minimum Gasteiger partial charge on any atom is -0.404 e. The molecule has 0 spiro atoms. The first-order chi connectivity index (χ1) is 13.7. The summed E-state index contributed by atoms with van der Waals surface area (Å²) in [6.07, 6.45) is 1.98. The Morgan fingerprint density at radius 3 is 2.03 bits per heavy atom. The van der Waals surface area contributed by atoms with Crippen molar-refractivity contribution >= 4 is 24.7 Å². The van der Waals surface area contributed by atoms with Crippen LogP contribution >= 0.6 is 0 Å². The molecule has 4 nitrogen and oxygen atoms in total. The number of carbonyl (C=O) groups is 1. The summed E-state index contributed by atoms with van der Waals surface area (Å²) in [4.78, 5) is 17.0. The lowest BCUT2D eigenvalue weighted by Gasteiger charge is -2.44. The molecule has 5 heteroatoms. The lowest BCUT2D eigenvalue weighted by Crippen LogP contribution is -2.67. The van der Waals surface area contributed by atoms with Gasteiger partial charge in [-0.2, -0.15) is 6.57 Å². The average Bonchev–Trinajstić information content (AvgIpc) is 3.09. The standard InChI is InChI=1S/C24H29NO3Si/c1-23(2,3)29(20-12-8-6-9-13-20,21-14-10-7-11-15-21)28-19-16-17-24(4,18-19)22(26)27-25-5/h6-15,19H,16-18H2,1-4H3. The summed E-state index contributed by atoms with van der Waals surface area (Å²) in [5.74, 6) is -0.443. The fourth-order valence-corrected chi connectivity index (χ4v) is 9.28. The lowest BCUT2D eigenvalue weighted by molar-refractivity contribution is -0.149. The Labute approximate surface area is 174 Å². The molecule has 2 unspecified atom stereocenters. The number of rotatable bonds is 5. The van der Waals surface area contributed by atoms with Crippen LogP contribution < -0.4 is 10.4 Å². The van der Waals surface area contributed by atoms with Crippen molar-refractivity contribution in [2.45, 2.75) is 58.1 Å². The van der Waals surface area contributed by atoms with Gasteiger partial charge in [0, 0.05) is 6.10 Å². The Bertz CT molecular complexity index is 846. The van der Waals surface area contributed by atoms with E-state index >= 15 is 0 Å². The van der Waals surface area contributed by atoms with Crippen LogP contribution in [-0.2, 0) is 14.1 Å². The van der Waals surface area contributed by atoms with Gasteiger partial charge in [-0.1, -0.05) is 81.4 Å². The topological polar surface area (TPSA) is 39.9 Å². The van der Waals surface area contributed by atoms with Gasteiger partial charge < -0.3 is 4.43 Å². The van der Waals surface area contributed by atoms with E-state index in [0.29, 0.717) is 12.8 Å². The molecule has 0 N–H and O–H groups in total. The molecule has 1 saturated carbocycles. The van der Waals surface area contributed by atoms with Crippen molar-refractivity contribution in [2.24, 2.45) is 5.41 Å². The van der Waals surface area contributed by atoms with Crippen LogP contribution in [-0.4, -0.2) is 20.4 Å². The zero-order valence-corrected chi connectivity index (χ0v) is 18.6. The second-order valence-corrected chi connectivity index (χ2v) is 13.4. The fourth-order valence-electron chi connectivity index (χ4n) is 4.57. The molecule has 1 aliphatic carbocycles. The maximum atomic E-state index is 12.3. The molecule has 0 saturated heterocycles. The van der Waals surface area contributed by atoms with Crippen LogP contribution in [0.1, 0.15) is 47.0 Å². The molecule has 0 aromatic heterocycles. The van der Waals surface area contributed by atoms with Crippen molar-refractivity contribution in [3.63, 3.8) is 0 Å². The number of benzene rings is 2. The quantitative estimate of drug-likeness (QED) is 0.416. The van der Waals surface area contributed by atoms with Gasteiger partial charge in [-0.15, -0.1) is 4.84 Å². The zero-order chi connectivity index (χ0) is 21.1. The van der Waals surface area contributed by atoms with Gasteiger partial charge in [-0.05, 0) is 46.6 Å². The maximum absolute atomic E-state index is 12.3. The third-order valence-electron chi connectivity index (χ3n) is 6.08. The molecular weight excluding hydrogens is 378 g/mol. The van der Waals surface area contributed by atoms with Gasteiger partial charge in [0.05, 0.1) is 5.41 Å². The highest BCUT2D eigenvalue weighted by Crippen LogP contribution is 2.44. The molecule has 29 heavy (non-hydrogen) atoms. The summed E-state index contributed by atoms with van der Waals surface area (Å²) in [5.41, 5.74) is -0.666. The van der Waals surface area contributed by atoms with E-state index in [-0.39, 0.29) is 11.1 Å². The van der Waals surface area contributed by atoms with E-state index < -0.39 is 19.7 Å². The average molecular weight is 408 g/mol. The number of hydrogen-bond donors (Lipinski definition) is 0. The Morgan fingerprint density at radius 2 is 1.59 bits per heavy atom. The molecule has 2 atom stereocenters. The highest BCUT2D eigenvalue weighted by atomic mass is 28.4. The van der Waals surface area contributed by atoms with Crippen LogP contribution in [0.15, 0.2) is 60.7 Å². The first-order valence-electron chi connectivity index (χ1n) is 10.1. The minimum absolute atomic E-state index is 0.0513. The number of nitrogens with zero attached hydrogens (tertiary/aromatic N) is 1. The highest BCUT2D eigenvalue weighted by molar-refractivity contribution is 6.99. The molecule has 2 aromatic rings. The predicted molar refractivity (Wildman–Crippen MR) is 117 cm³/mol. The lowest BCUT2D eigenvalue weighted by atomic mass is 9.89. The maximum Gasteiger partial charge on any atom is 0.401 e. The van der Waals surface area contributed by atoms with Gasteiger partial charge in [0.15, 0.2) is 0 Å². The Hall–Kier alpha value is -2.42. The Morgan fingerprint density at radius 1 is 1.07 bits per heavy atom. The fraction of sp³-hybridized carbons (Fsp3) is 0.417. The molecule has 0 amide bonds. The summed E-state index contributed by atoms with van der Waals surface area (Å²) in [5, 5.41) is 5.19. The van der Waals surface area contributed by atoms with Crippen LogP contribution in [0, 0.1) is 12.0 Å². The first kappa shape index (κ1) is 21.3. The molecule has 2 aromatic carbocycles. The third kappa shape index (κ3) is 4.01. The van der Waals surface area contributed by atoms with Crippen molar-refractivity contribution < 1.29 is 14.1 Å². The SMILES string of the molecule is [C-]#[N+]OC(=O)C1(C)CCC(O[Si](c2ccccc2)(c2ccccc2)C(C)(C)C)C1. The van der Waals surface area contributed by atoms with E-state index in [1.165, 1.54) is 10.4 Å². The normalized spacial score (nSPS) is 22.1. The van der Waals surface area contributed by atoms with Crippen LogP contribution in [0.4, 0.5) is 0 Å². The highest BCUT2D eigenvalue weighted by Gasteiger charge is 2.54. The smallest absolute Gasteiger partial charge is 0.401 e. The van der Waals surface area contributed by atoms with Crippen molar-refractivity contribution in [3.8, 4) is 0 Å². The van der Waals surface area contributed by atoms with E-state index in [0.717, 1.165) is 6.42 Å². The van der Waals surface area contributed by atoms with Crippen LogP contribution in [0.25, 0.3) is 5.01 Å². The van der Waals surface area contributed by atoms with Crippen LogP contribution in [0.5, 0.6) is 0 Å². The van der Waals surface area contributed by atoms with E-state index in [9.17, 15) is 4.79 Å². The number of carbonyl (C=O) groups excluding carboxylic acids is 1. The molecule has 0 radical (unpaired) electrons. The van der Waals surface area contributed by atoms with E-state index in [4.69, 9.17) is 11.0 Å². The largest absolute Gasteiger partial charge is 0.404 e. The predicted octanol–water partition coefficient (Wildman–Crippen LogP) is 4.50. The third-order valence-corrected chi connectivity index (χ3v) is 11.2. The van der Waals surface area contributed by atoms with Gasteiger partial charge in [-0.25, -0.2) is 4.79 Å².